The second kappa shape index (κ2) is 7.38. The molecule has 2 aromatic carbocycles. The molecule has 0 amide bonds. The normalized spacial score (nSPS) is 22.8. The highest BCUT2D eigenvalue weighted by molar-refractivity contribution is 7.93. The van der Waals surface area contributed by atoms with Gasteiger partial charge < -0.3 is 0 Å². The van der Waals surface area contributed by atoms with E-state index in [1.54, 1.807) is 0 Å². The van der Waals surface area contributed by atoms with Gasteiger partial charge in [0, 0.05) is 12.5 Å². The van der Waals surface area contributed by atoms with Crippen molar-refractivity contribution in [1.82, 2.24) is 0 Å². The summed E-state index contributed by atoms with van der Waals surface area (Å²) in [6.07, 6.45) is -4.32. The Morgan fingerprint density at radius 3 is 2.34 bits per heavy atom. The number of anilines is 1. The minimum atomic E-state index is -4.51. The SMILES string of the molecule is CC(F)(F)c1ccc(S(=O)(=O)N2C(=[N+]3CC(F)(F)C[C@@H]3C(F)F)c3c(Cl)cccc32)cc1. The van der Waals surface area contributed by atoms with Gasteiger partial charge in [0.15, 0.2) is 11.7 Å². The highest BCUT2D eigenvalue weighted by Gasteiger charge is 2.58. The molecule has 0 spiro atoms. The molecule has 2 aromatic rings. The van der Waals surface area contributed by atoms with Crippen LogP contribution in [0, 0.1) is 0 Å². The molecular weight excluding hydrogens is 482 g/mol. The smallest absolute Gasteiger partial charge is 0.245 e. The van der Waals surface area contributed by atoms with Crippen molar-refractivity contribution in [3.8, 4) is 0 Å². The monoisotopic (exact) mass is 497 g/mol. The van der Waals surface area contributed by atoms with E-state index in [1.807, 2.05) is 0 Å². The van der Waals surface area contributed by atoms with Crippen LogP contribution in [-0.4, -0.2) is 43.8 Å². The van der Waals surface area contributed by atoms with Crippen LogP contribution in [0.3, 0.4) is 0 Å². The van der Waals surface area contributed by atoms with Gasteiger partial charge in [0.05, 0.1) is 11.4 Å². The van der Waals surface area contributed by atoms with Crippen LogP contribution in [0.5, 0.6) is 0 Å². The summed E-state index contributed by atoms with van der Waals surface area (Å²) in [4.78, 5) is -0.409. The third kappa shape index (κ3) is 3.64. The summed E-state index contributed by atoms with van der Waals surface area (Å²) >= 11 is 6.14. The van der Waals surface area contributed by atoms with Gasteiger partial charge in [-0.3, -0.25) is 0 Å². The van der Waals surface area contributed by atoms with Gasteiger partial charge in [0.1, 0.15) is 17.0 Å². The largest absolute Gasteiger partial charge is 0.335 e. The fraction of sp³-hybridized carbons (Fsp3) is 0.350. The van der Waals surface area contributed by atoms with Crippen molar-refractivity contribution < 1.29 is 39.3 Å². The lowest BCUT2D eigenvalue weighted by molar-refractivity contribution is -0.563. The second-order valence-corrected chi connectivity index (χ2v) is 9.92. The molecule has 1 atom stereocenters. The summed E-state index contributed by atoms with van der Waals surface area (Å²) in [6, 6.07) is 5.98. The molecule has 32 heavy (non-hydrogen) atoms. The van der Waals surface area contributed by atoms with Crippen molar-refractivity contribution in [3.63, 3.8) is 0 Å². The van der Waals surface area contributed by atoms with E-state index in [2.05, 4.69) is 0 Å². The molecule has 0 N–H and O–H groups in total. The fourth-order valence-corrected chi connectivity index (χ4v) is 5.68. The molecule has 1 fully saturated rings. The van der Waals surface area contributed by atoms with Gasteiger partial charge in [-0.05, 0) is 24.3 Å². The quantitative estimate of drug-likeness (QED) is 0.436. The van der Waals surface area contributed by atoms with E-state index in [1.165, 1.54) is 18.2 Å². The molecule has 0 radical (unpaired) electrons. The van der Waals surface area contributed by atoms with Crippen LogP contribution in [0.2, 0.25) is 5.02 Å². The first kappa shape index (κ1) is 22.9. The summed E-state index contributed by atoms with van der Waals surface area (Å²) in [5, 5.41) is 0.00755. The molecule has 0 aromatic heterocycles. The Hall–Kier alpha value is -2.27. The van der Waals surface area contributed by atoms with E-state index in [0.29, 0.717) is 15.8 Å². The Morgan fingerprint density at radius 2 is 1.78 bits per heavy atom. The number of benzene rings is 2. The van der Waals surface area contributed by atoms with Gasteiger partial charge in [-0.25, -0.2) is 30.9 Å². The zero-order chi connectivity index (χ0) is 23.6. The van der Waals surface area contributed by atoms with Gasteiger partial charge in [-0.15, -0.1) is 4.31 Å². The number of alkyl halides is 6. The third-order valence-electron chi connectivity index (χ3n) is 5.40. The Bertz CT molecular complexity index is 1210. The van der Waals surface area contributed by atoms with Gasteiger partial charge >= 0.3 is 15.9 Å². The van der Waals surface area contributed by atoms with Crippen LogP contribution in [0.15, 0.2) is 47.4 Å². The number of halogens is 7. The lowest BCUT2D eigenvalue weighted by Crippen LogP contribution is -2.52. The highest BCUT2D eigenvalue weighted by atomic mass is 35.5. The fourth-order valence-electron chi connectivity index (χ4n) is 3.90. The van der Waals surface area contributed by atoms with Gasteiger partial charge in [0.2, 0.25) is 0 Å². The number of fused-ring (bicyclic) bond motifs is 1. The Balaban J connectivity index is 1.89. The van der Waals surface area contributed by atoms with E-state index in [9.17, 15) is 34.8 Å². The number of hydrogen-bond acceptors (Lipinski definition) is 2. The summed E-state index contributed by atoms with van der Waals surface area (Å²) in [7, 11) is -4.51. The van der Waals surface area contributed by atoms with Crippen LogP contribution in [0.1, 0.15) is 24.5 Å². The predicted octanol–water partition coefficient (Wildman–Crippen LogP) is 5.09. The molecule has 0 aliphatic carbocycles. The molecule has 2 aliphatic rings. The Morgan fingerprint density at radius 1 is 1.16 bits per heavy atom. The van der Waals surface area contributed by atoms with Crippen LogP contribution in [-0.2, 0) is 15.9 Å². The standard InChI is InChI=1S/C20H16ClF6N2O2S/c1-19(24,25)11-5-7-12(8-6-11)32(30,31)29-14-4-2-3-13(21)16(14)18(29)28-10-20(26,27)9-15(28)17(22)23/h2-8,15,17H,9-10H2,1H3/q+1/t15-/m1/s1. The predicted molar refractivity (Wildman–Crippen MR) is 106 cm³/mol. The molecule has 0 bridgehead atoms. The van der Waals surface area contributed by atoms with E-state index < -0.39 is 63.6 Å². The average molecular weight is 498 g/mol. The number of hydrogen-bond donors (Lipinski definition) is 0. The van der Waals surface area contributed by atoms with Crippen molar-refractivity contribution in [1.29, 1.82) is 0 Å². The lowest BCUT2D eigenvalue weighted by Gasteiger charge is -2.31. The highest BCUT2D eigenvalue weighted by Crippen LogP contribution is 2.44. The molecule has 172 valence electrons. The van der Waals surface area contributed by atoms with Crippen LogP contribution >= 0.6 is 11.6 Å². The van der Waals surface area contributed by atoms with Crippen LogP contribution < -0.4 is 4.31 Å². The maximum atomic E-state index is 14.0. The first-order valence-electron chi connectivity index (χ1n) is 9.36. The number of rotatable bonds is 4. The molecule has 4 nitrogen and oxygen atoms in total. The molecular formula is C20H16ClF6N2O2S+. The molecule has 2 heterocycles. The minimum Gasteiger partial charge on any atom is -0.245 e. The van der Waals surface area contributed by atoms with Gasteiger partial charge in [0.25, 0.3) is 18.3 Å². The summed E-state index contributed by atoms with van der Waals surface area (Å²) < 4.78 is 110. The van der Waals surface area contributed by atoms with Crippen molar-refractivity contribution in [2.45, 2.75) is 42.6 Å². The van der Waals surface area contributed by atoms with Crippen molar-refractivity contribution in [2.24, 2.45) is 0 Å². The Kier molecular flexibility index (Phi) is 5.28. The summed E-state index contributed by atoms with van der Waals surface area (Å²) in [6.45, 7) is -0.469. The zero-order valence-electron chi connectivity index (χ0n) is 16.4. The first-order valence-corrected chi connectivity index (χ1v) is 11.2. The van der Waals surface area contributed by atoms with Crippen molar-refractivity contribution in [3.05, 3.63) is 58.6 Å². The molecule has 1 saturated heterocycles. The molecule has 4 rings (SSSR count). The second-order valence-electron chi connectivity index (χ2n) is 7.73. The van der Waals surface area contributed by atoms with E-state index in [-0.39, 0.29) is 16.3 Å². The minimum absolute atomic E-state index is 0.00755. The molecule has 0 unspecified atom stereocenters. The number of sulfonamides is 1. The van der Waals surface area contributed by atoms with E-state index in [0.717, 1.165) is 24.3 Å². The van der Waals surface area contributed by atoms with E-state index >= 15 is 0 Å². The van der Waals surface area contributed by atoms with Crippen LogP contribution in [0.4, 0.5) is 32.0 Å². The Labute approximate surface area is 184 Å². The maximum Gasteiger partial charge on any atom is 0.335 e. The third-order valence-corrected chi connectivity index (χ3v) is 7.43. The number of amidine groups is 1. The summed E-state index contributed by atoms with van der Waals surface area (Å²) in [5.41, 5.74) is -0.358. The maximum absolute atomic E-state index is 14.0. The lowest BCUT2D eigenvalue weighted by atomic mass is 10.0. The average Bonchev–Trinajstić information content (AvgIpc) is 2.97. The summed E-state index contributed by atoms with van der Waals surface area (Å²) in [5.74, 6) is -7.06. The van der Waals surface area contributed by atoms with Gasteiger partial charge in [-0.2, -0.15) is 8.42 Å². The van der Waals surface area contributed by atoms with Gasteiger partial charge in [-0.1, -0.05) is 29.8 Å². The topological polar surface area (TPSA) is 40.4 Å². The zero-order valence-corrected chi connectivity index (χ0v) is 17.9. The van der Waals surface area contributed by atoms with Crippen molar-refractivity contribution >= 4 is 33.1 Å². The molecule has 0 saturated carbocycles. The molecule has 2 aliphatic heterocycles. The first-order chi connectivity index (χ1) is 14.7. The number of nitrogens with zero attached hydrogens (tertiary/aromatic N) is 2. The van der Waals surface area contributed by atoms with Crippen LogP contribution in [0.25, 0.3) is 0 Å². The van der Waals surface area contributed by atoms with Crippen molar-refractivity contribution in [2.75, 3.05) is 10.8 Å². The molecule has 12 heteroatoms. The van der Waals surface area contributed by atoms with E-state index in [4.69, 9.17) is 11.6 Å².